The van der Waals surface area contributed by atoms with Gasteiger partial charge in [-0.3, -0.25) is 4.79 Å². The zero-order chi connectivity index (χ0) is 30.4. The number of carbonyl (C=O) groups is 2. The molecular formula is C32H34F3NO5S. The zero-order valence-corrected chi connectivity index (χ0v) is 24.3. The topological polar surface area (TPSA) is 84.9 Å². The second kappa shape index (κ2) is 13.5. The average molecular weight is 602 g/mol. The second-order valence-electron chi connectivity index (χ2n) is 10.8. The number of aliphatic carboxylic acids is 1. The number of methoxy groups -OCH3 is 1. The van der Waals surface area contributed by atoms with E-state index in [1.165, 1.54) is 36.9 Å². The van der Waals surface area contributed by atoms with Crippen molar-refractivity contribution in [1.82, 2.24) is 5.32 Å². The number of nitrogens with one attached hydrogen (secondary N) is 1. The minimum Gasteiger partial charge on any atom is -0.497 e. The number of hydrogen-bond acceptors (Lipinski definition) is 5. The highest BCUT2D eigenvalue weighted by Crippen LogP contribution is 2.38. The Bertz CT molecular complexity index is 1440. The first-order chi connectivity index (χ1) is 19.9. The SMILES string of the molecule is C=C1CC(C)CC(CC[C@H](NC(=O)c2ccc3cc(OC)ccc3c2OCc2ccc(SC(F)(F)F)cc2)C(=O)O)C1. The molecule has 0 heterocycles. The molecular weight excluding hydrogens is 567 g/mol. The van der Waals surface area contributed by atoms with Gasteiger partial charge in [0.2, 0.25) is 0 Å². The fraction of sp³-hybridized carbons (Fsp3) is 0.375. The molecule has 0 bridgehead atoms. The molecule has 6 nitrogen and oxygen atoms in total. The molecule has 0 aliphatic heterocycles. The summed E-state index contributed by atoms with van der Waals surface area (Å²) in [5.74, 6) is -0.0265. The van der Waals surface area contributed by atoms with E-state index in [-0.39, 0.29) is 41.0 Å². The van der Waals surface area contributed by atoms with Crippen molar-refractivity contribution in [2.45, 2.75) is 62.1 Å². The molecule has 1 aliphatic carbocycles. The Morgan fingerprint density at radius 1 is 1.12 bits per heavy atom. The number of benzene rings is 3. The summed E-state index contributed by atoms with van der Waals surface area (Å²) in [6, 6.07) is 13.2. The Kier molecular flexibility index (Phi) is 10.1. The quantitative estimate of drug-likeness (QED) is 0.171. The van der Waals surface area contributed by atoms with Crippen molar-refractivity contribution in [3.05, 3.63) is 77.9 Å². The summed E-state index contributed by atoms with van der Waals surface area (Å²) in [5, 5.41) is 13.9. The van der Waals surface area contributed by atoms with E-state index >= 15 is 0 Å². The highest BCUT2D eigenvalue weighted by atomic mass is 32.2. The van der Waals surface area contributed by atoms with Crippen LogP contribution in [0.4, 0.5) is 13.2 Å². The number of ether oxygens (including phenoxy) is 2. The number of fused-ring (bicyclic) bond motifs is 1. The standard InChI is InChI=1S/C32H34F3NO5S/c1-19-14-20(2)16-22(15-19)6-13-28(31(38)39)36-30(37)27-11-7-23-17-24(40-3)8-12-26(23)29(27)41-18-21-4-9-25(10-5-21)42-32(33,34)35/h4-5,7-12,17,20,22,28H,1,6,13-16,18H2,2-3H3,(H,36,37)(H,38,39)/t20?,22?,28-/m0/s1. The number of hydrogen-bond donors (Lipinski definition) is 2. The molecule has 42 heavy (non-hydrogen) atoms. The number of allylic oxidation sites excluding steroid dienone is 1. The van der Waals surface area contributed by atoms with Crippen LogP contribution in [0, 0.1) is 11.8 Å². The fourth-order valence-electron chi connectivity index (χ4n) is 5.52. The second-order valence-corrected chi connectivity index (χ2v) is 12.0. The summed E-state index contributed by atoms with van der Waals surface area (Å²) in [4.78, 5) is 25.7. The van der Waals surface area contributed by atoms with E-state index in [4.69, 9.17) is 9.47 Å². The predicted octanol–water partition coefficient (Wildman–Crippen LogP) is 7.99. The number of carboxylic acid groups (broad SMARTS) is 1. The van der Waals surface area contributed by atoms with Crippen LogP contribution in [0.5, 0.6) is 11.5 Å². The number of alkyl halides is 3. The van der Waals surface area contributed by atoms with Crippen molar-refractivity contribution in [3.8, 4) is 11.5 Å². The first-order valence-electron chi connectivity index (χ1n) is 13.7. The van der Waals surface area contributed by atoms with Crippen LogP contribution in [0.1, 0.15) is 54.9 Å². The van der Waals surface area contributed by atoms with Crippen LogP contribution in [0.3, 0.4) is 0 Å². The molecule has 0 radical (unpaired) electrons. The molecule has 2 unspecified atom stereocenters. The number of thioether (sulfide) groups is 1. The van der Waals surface area contributed by atoms with Crippen LogP contribution in [-0.2, 0) is 11.4 Å². The largest absolute Gasteiger partial charge is 0.497 e. The van der Waals surface area contributed by atoms with Gasteiger partial charge in [-0.05, 0) is 103 Å². The molecule has 0 aromatic heterocycles. The van der Waals surface area contributed by atoms with Crippen molar-refractivity contribution in [1.29, 1.82) is 0 Å². The third kappa shape index (κ3) is 8.44. The van der Waals surface area contributed by atoms with E-state index < -0.39 is 23.4 Å². The van der Waals surface area contributed by atoms with E-state index in [1.807, 2.05) is 0 Å². The zero-order valence-electron chi connectivity index (χ0n) is 23.5. The van der Waals surface area contributed by atoms with Gasteiger partial charge in [0.25, 0.3) is 5.91 Å². The normalized spacial score (nSPS) is 18.0. The summed E-state index contributed by atoms with van der Waals surface area (Å²) < 4.78 is 49.5. The van der Waals surface area contributed by atoms with E-state index in [0.29, 0.717) is 35.0 Å². The molecule has 3 aromatic rings. The molecule has 10 heteroatoms. The monoisotopic (exact) mass is 601 g/mol. The molecule has 1 amide bonds. The highest BCUT2D eigenvalue weighted by Gasteiger charge is 2.29. The van der Waals surface area contributed by atoms with Gasteiger partial charge < -0.3 is 19.9 Å². The van der Waals surface area contributed by atoms with Gasteiger partial charge in [0.15, 0.2) is 0 Å². The van der Waals surface area contributed by atoms with Gasteiger partial charge >= 0.3 is 11.5 Å². The van der Waals surface area contributed by atoms with E-state index in [0.717, 1.165) is 24.6 Å². The molecule has 0 spiro atoms. The maximum Gasteiger partial charge on any atom is 0.446 e. The van der Waals surface area contributed by atoms with Gasteiger partial charge in [-0.15, -0.1) is 0 Å². The molecule has 3 aromatic carbocycles. The first-order valence-corrected chi connectivity index (χ1v) is 14.5. The summed E-state index contributed by atoms with van der Waals surface area (Å²) in [5.41, 5.74) is -2.45. The molecule has 0 saturated heterocycles. The summed E-state index contributed by atoms with van der Waals surface area (Å²) in [6.07, 6.45) is 3.80. The molecule has 2 N–H and O–H groups in total. The van der Waals surface area contributed by atoms with Crippen molar-refractivity contribution in [2.24, 2.45) is 11.8 Å². The summed E-state index contributed by atoms with van der Waals surface area (Å²) >= 11 is -0.201. The lowest BCUT2D eigenvalue weighted by molar-refractivity contribution is -0.139. The van der Waals surface area contributed by atoms with Gasteiger partial charge in [0.05, 0.1) is 12.7 Å². The lowest BCUT2D eigenvalue weighted by Crippen LogP contribution is -2.41. The Morgan fingerprint density at radius 2 is 1.86 bits per heavy atom. The number of carbonyl (C=O) groups excluding carboxylic acids is 1. The minimum absolute atomic E-state index is 0.0193. The van der Waals surface area contributed by atoms with Crippen LogP contribution in [0.2, 0.25) is 0 Å². The Balaban J connectivity index is 1.54. The third-order valence-corrected chi connectivity index (χ3v) is 8.12. The maximum absolute atomic E-state index is 13.5. The van der Waals surface area contributed by atoms with Crippen molar-refractivity contribution in [2.75, 3.05) is 7.11 Å². The Morgan fingerprint density at radius 3 is 2.50 bits per heavy atom. The molecule has 4 rings (SSSR count). The first kappa shape index (κ1) is 31.3. The highest BCUT2D eigenvalue weighted by molar-refractivity contribution is 8.00. The molecule has 1 aliphatic rings. The average Bonchev–Trinajstić information content (AvgIpc) is 2.92. The smallest absolute Gasteiger partial charge is 0.446 e. The van der Waals surface area contributed by atoms with Gasteiger partial charge in [0.1, 0.15) is 24.1 Å². The lowest BCUT2D eigenvalue weighted by Gasteiger charge is -2.29. The van der Waals surface area contributed by atoms with Crippen LogP contribution < -0.4 is 14.8 Å². The van der Waals surface area contributed by atoms with Crippen LogP contribution in [-0.4, -0.2) is 35.6 Å². The molecule has 1 saturated carbocycles. The van der Waals surface area contributed by atoms with Gasteiger partial charge in [-0.25, -0.2) is 4.79 Å². The number of carboxylic acids is 1. The molecule has 3 atom stereocenters. The van der Waals surface area contributed by atoms with Crippen molar-refractivity contribution in [3.63, 3.8) is 0 Å². The molecule has 224 valence electrons. The lowest BCUT2D eigenvalue weighted by atomic mass is 9.77. The third-order valence-electron chi connectivity index (χ3n) is 7.38. The Labute approximate surface area is 247 Å². The number of amides is 1. The van der Waals surface area contributed by atoms with E-state index in [1.54, 1.807) is 30.3 Å². The summed E-state index contributed by atoms with van der Waals surface area (Å²) in [7, 11) is 1.54. The fourth-order valence-corrected chi connectivity index (χ4v) is 6.06. The number of rotatable bonds is 11. The van der Waals surface area contributed by atoms with Crippen molar-refractivity contribution >= 4 is 34.4 Å². The van der Waals surface area contributed by atoms with Crippen LogP contribution >= 0.6 is 11.8 Å². The maximum atomic E-state index is 13.5. The van der Waals surface area contributed by atoms with E-state index in [9.17, 15) is 27.9 Å². The Hall–Kier alpha value is -3.66. The van der Waals surface area contributed by atoms with Crippen LogP contribution in [0.25, 0.3) is 10.8 Å². The molecule has 1 fully saturated rings. The van der Waals surface area contributed by atoms with Crippen LogP contribution in [0.15, 0.2) is 71.6 Å². The van der Waals surface area contributed by atoms with Crippen molar-refractivity contribution < 1.29 is 37.3 Å². The van der Waals surface area contributed by atoms with Gasteiger partial charge in [-0.1, -0.05) is 37.3 Å². The van der Waals surface area contributed by atoms with Gasteiger partial charge in [-0.2, -0.15) is 13.2 Å². The van der Waals surface area contributed by atoms with E-state index in [2.05, 4.69) is 18.8 Å². The number of halogens is 3. The van der Waals surface area contributed by atoms with Gasteiger partial charge in [0, 0.05) is 10.3 Å². The minimum atomic E-state index is -4.39. The predicted molar refractivity (Wildman–Crippen MR) is 157 cm³/mol. The summed E-state index contributed by atoms with van der Waals surface area (Å²) in [6.45, 7) is 6.26.